The van der Waals surface area contributed by atoms with Crippen LogP contribution in [0.4, 0.5) is 0 Å². The SMILES string of the molecule is CCc1ccc(C(NN)c2cnccc2C)s1. The predicted molar refractivity (Wildman–Crippen MR) is 71.8 cm³/mol. The molecule has 0 bridgehead atoms. The molecule has 17 heavy (non-hydrogen) atoms. The minimum Gasteiger partial charge on any atom is -0.271 e. The highest BCUT2D eigenvalue weighted by atomic mass is 32.1. The summed E-state index contributed by atoms with van der Waals surface area (Å²) in [4.78, 5) is 6.79. The molecule has 2 rings (SSSR count). The first-order valence-corrected chi connectivity index (χ1v) is 6.53. The number of hydrogen-bond donors (Lipinski definition) is 2. The Morgan fingerprint density at radius 1 is 1.41 bits per heavy atom. The monoisotopic (exact) mass is 247 g/mol. The van der Waals surface area contributed by atoms with Crippen LogP contribution in [0.5, 0.6) is 0 Å². The first kappa shape index (κ1) is 12.2. The fraction of sp³-hybridized carbons (Fsp3) is 0.308. The summed E-state index contributed by atoms with van der Waals surface area (Å²) in [5.74, 6) is 5.69. The molecule has 2 aromatic heterocycles. The number of hydrazine groups is 1. The second kappa shape index (κ2) is 5.40. The third kappa shape index (κ3) is 2.54. The standard InChI is InChI=1S/C13H17N3S/c1-3-10-4-5-12(17-10)13(16-14)11-8-15-7-6-9(11)2/h4-8,13,16H,3,14H2,1-2H3. The van der Waals surface area contributed by atoms with Gasteiger partial charge in [-0.1, -0.05) is 6.92 Å². The van der Waals surface area contributed by atoms with E-state index in [0.717, 1.165) is 12.0 Å². The molecular formula is C13H17N3S. The van der Waals surface area contributed by atoms with Crippen molar-refractivity contribution >= 4 is 11.3 Å². The summed E-state index contributed by atoms with van der Waals surface area (Å²) < 4.78 is 0. The van der Waals surface area contributed by atoms with Crippen molar-refractivity contribution in [1.29, 1.82) is 0 Å². The fourth-order valence-corrected chi connectivity index (χ4v) is 2.88. The van der Waals surface area contributed by atoms with Gasteiger partial charge in [0.1, 0.15) is 0 Å². The molecule has 1 unspecified atom stereocenters. The summed E-state index contributed by atoms with van der Waals surface area (Å²) in [5, 5.41) is 0. The van der Waals surface area contributed by atoms with E-state index >= 15 is 0 Å². The smallest absolute Gasteiger partial charge is 0.0820 e. The van der Waals surface area contributed by atoms with Crippen LogP contribution >= 0.6 is 11.3 Å². The summed E-state index contributed by atoms with van der Waals surface area (Å²) in [5.41, 5.74) is 5.22. The minimum absolute atomic E-state index is 0.0361. The average molecular weight is 247 g/mol. The summed E-state index contributed by atoms with van der Waals surface area (Å²) in [6, 6.07) is 6.35. The number of pyridine rings is 1. The van der Waals surface area contributed by atoms with Gasteiger partial charge in [0.15, 0.2) is 0 Å². The Morgan fingerprint density at radius 2 is 2.24 bits per heavy atom. The maximum Gasteiger partial charge on any atom is 0.0820 e. The third-order valence-electron chi connectivity index (χ3n) is 2.87. The normalized spacial score (nSPS) is 12.6. The number of rotatable bonds is 4. The molecule has 0 saturated carbocycles. The molecule has 3 N–H and O–H groups in total. The average Bonchev–Trinajstić information content (AvgIpc) is 2.81. The van der Waals surface area contributed by atoms with Crippen molar-refractivity contribution in [2.24, 2.45) is 5.84 Å². The zero-order valence-electron chi connectivity index (χ0n) is 10.1. The van der Waals surface area contributed by atoms with Crippen molar-refractivity contribution in [3.8, 4) is 0 Å². The Morgan fingerprint density at radius 3 is 2.82 bits per heavy atom. The number of hydrogen-bond acceptors (Lipinski definition) is 4. The lowest BCUT2D eigenvalue weighted by molar-refractivity contribution is 0.641. The lowest BCUT2D eigenvalue weighted by atomic mass is 10.0. The summed E-state index contributed by atoms with van der Waals surface area (Å²) in [6.45, 7) is 4.24. The number of aromatic nitrogens is 1. The second-order valence-electron chi connectivity index (χ2n) is 3.99. The van der Waals surface area contributed by atoms with Crippen molar-refractivity contribution < 1.29 is 0 Å². The van der Waals surface area contributed by atoms with Gasteiger partial charge in [0.2, 0.25) is 0 Å². The molecule has 4 heteroatoms. The van der Waals surface area contributed by atoms with E-state index in [-0.39, 0.29) is 6.04 Å². The number of thiophene rings is 1. The van der Waals surface area contributed by atoms with Gasteiger partial charge in [0.25, 0.3) is 0 Å². The lowest BCUT2D eigenvalue weighted by Gasteiger charge is -2.16. The van der Waals surface area contributed by atoms with Crippen LogP contribution in [0.2, 0.25) is 0 Å². The van der Waals surface area contributed by atoms with Gasteiger partial charge in [-0.2, -0.15) is 0 Å². The van der Waals surface area contributed by atoms with Gasteiger partial charge in [0.05, 0.1) is 6.04 Å². The van der Waals surface area contributed by atoms with Crippen LogP contribution in [0, 0.1) is 6.92 Å². The van der Waals surface area contributed by atoms with Crippen molar-refractivity contribution in [2.75, 3.05) is 0 Å². The van der Waals surface area contributed by atoms with Gasteiger partial charge in [-0.3, -0.25) is 10.8 Å². The zero-order chi connectivity index (χ0) is 12.3. The van der Waals surface area contributed by atoms with Crippen molar-refractivity contribution in [3.63, 3.8) is 0 Å². The lowest BCUT2D eigenvalue weighted by Crippen LogP contribution is -2.28. The number of nitrogens with zero attached hydrogens (tertiary/aromatic N) is 1. The van der Waals surface area contributed by atoms with Crippen LogP contribution < -0.4 is 11.3 Å². The Bertz CT molecular complexity index is 493. The van der Waals surface area contributed by atoms with E-state index in [1.54, 1.807) is 17.5 Å². The van der Waals surface area contributed by atoms with Crippen molar-refractivity contribution in [1.82, 2.24) is 10.4 Å². The van der Waals surface area contributed by atoms with E-state index in [9.17, 15) is 0 Å². The maximum absolute atomic E-state index is 5.69. The number of nitrogens with one attached hydrogen (secondary N) is 1. The highest BCUT2D eigenvalue weighted by Crippen LogP contribution is 2.29. The van der Waals surface area contributed by atoms with Crippen LogP contribution in [0.3, 0.4) is 0 Å². The van der Waals surface area contributed by atoms with Gasteiger partial charge >= 0.3 is 0 Å². The second-order valence-corrected chi connectivity index (χ2v) is 5.19. The Balaban J connectivity index is 2.36. The summed E-state index contributed by atoms with van der Waals surface area (Å²) in [6.07, 6.45) is 4.75. The summed E-state index contributed by atoms with van der Waals surface area (Å²) in [7, 11) is 0. The highest BCUT2D eigenvalue weighted by Gasteiger charge is 2.16. The Hall–Kier alpha value is -1.23. The van der Waals surface area contributed by atoms with Gasteiger partial charge in [-0.25, -0.2) is 5.43 Å². The van der Waals surface area contributed by atoms with Crippen LogP contribution in [0.1, 0.15) is 33.8 Å². The quantitative estimate of drug-likeness (QED) is 0.645. The molecule has 3 nitrogen and oxygen atoms in total. The van der Waals surface area contributed by atoms with Crippen LogP contribution in [-0.4, -0.2) is 4.98 Å². The molecule has 0 aliphatic heterocycles. The van der Waals surface area contributed by atoms with Crippen LogP contribution in [0.15, 0.2) is 30.6 Å². The van der Waals surface area contributed by atoms with Gasteiger partial charge in [-0.05, 0) is 42.7 Å². The predicted octanol–water partition coefficient (Wildman–Crippen LogP) is 2.57. The first-order chi connectivity index (χ1) is 8.26. The van der Waals surface area contributed by atoms with Gasteiger partial charge in [0, 0.05) is 22.1 Å². The fourth-order valence-electron chi connectivity index (χ4n) is 1.84. The van der Waals surface area contributed by atoms with Crippen molar-refractivity contribution in [2.45, 2.75) is 26.3 Å². The Labute approximate surface area is 106 Å². The molecule has 0 fully saturated rings. The highest BCUT2D eigenvalue weighted by molar-refractivity contribution is 7.12. The largest absolute Gasteiger partial charge is 0.271 e. The molecule has 0 aliphatic carbocycles. The Kier molecular flexibility index (Phi) is 3.89. The van der Waals surface area contributed by atoms with Crippen LogP contribution in [0.25, 0.3) is 0 Å². The molecule has 0 saturated heterocycles. The first-order valence-electron chi connectivity index (χ1n) is 5.71. The molecule has 0 aromatic carbocycles. The molecule has 90 valence electrons. The molecule has 0 radical (unpaired) electrons. The third-order valence-corrected chi connectivity index (χ3v) is 4.17. The van der Waals surface area contributed by atoms with E-state index in [0.29, 0.717) is 0 Å². The minimum atomic E-state index is 0.0361. The molecular weight excluding hydrogens is 230 g/mol. The molecule has 0 amide bonds. The molecule has 2 heterocycles. The molecule has 2 aromatic rings. The zero-order valence-corrected chi connectivity index (χ0v) is 10.9. The van der Waals surface area contributed by atoms with Gasteiger partial charge < -0.3 is 0 Å². The number of aryl methyl sites for hydroxylation is 2. The van der Waals surface area contributed by atoms with E-state index in [4.69, 9.17) is 5.84 Å². The molecule has 1 atom stereocenters. The van der Waals surface area contributed by atoms with Crippen LogP contribution in [-0.2, 0) is 6.42 Å². The molecule has 0 aliphatic rings. The maximum atomic E-state index is 5.69. The number of nitrogens with two attached hydrogens (primary N) is 1. The van der Waals surface area contributed by atoms with E-state index in [1.807, 2.05) is 12.3 Å². The van der Waals surface area contributed by atoms with Crippen molar-refractivity contribution in [3.05, 3.63) is 51.5 Å². The topological polar surface area (TPSA) is 50.9 Å². The van der Waals surface area contributed by atoms with E-state index in [2.05, 4.69) is 36.4 Å². The van der Waals surface area contributed by atoms with Gasteiger partial charge in [-0.15, -0.1) is 11.3 Å². The summed E-state index contributed by atoms with van der Waals surface area (Å²) >= 11 is 1.80. The van der Waals surface area contributed by atoms with E-state index in [1.165, 1.54) is 15.3 Å². The van der Waals surface area contributed by atoms with E-state index < -0.39 is 0 Å². The molecule has 0 spiro atoms.